The average Bonchev–Trinajstić information content (AvgIpc) is 2.96. The van der Waals surface area contributed by atoms with Crippen LogP contribution in [0.5, 0.6) is 0 Å². The van der Waals surface area contributed by atoms with Crippen LogP contribution in [0.4, 0.5) is 11.9 Å². The zero-order valence-corrected chi connectivity index (χ0v) is 11.2. The molecule has 2 aliphatic rings. The Morgan fingerprint density at radius 2 is 1.40 bits per heavy atom. The third-order valence-electron chi connectivity index (χ3n) is 4.33. The summed E-state index contributed by atoms with van der Waals surface area (Å²) >= 11 is 0. The van der Waals surface area contributed by atoms with E-state index in [9.17, 15) is 0 Å². The van der Waals surface area contributed by atoms with Crippen molar-refractivity contribution in [2.45, 2.75) is 18.4 Å². The summed E-state index contributed by atoms with van der Waals surface area (Å²) in [5, 5.41) is 0. The molecule has 0 amide bonds. The standard InChI is InChI=1S/C14H16N6/c1-5-15-12(16-6-1)19-9-3-14(11-19)4-10-20(14)13-17-7-2-8-18-13/h1-2,5-8H,3-4,9-11H2/t14-/m0/s1. The van der Waals surface area contributed by atoms with Gasteiger partial charge in [0.05, 0.1) is 5.54 Å². The molecule has 2 aromatic heterocycles. The molecule has 4 rings (SSSR count). The predicted octanol–water partition coefficient (Wildman–Crippen LogP) is 1.13. The Hall–Kier alpha value is -2.24. The van der Waals surface area contributed by atoms with Gasteiger partial charge in [0.1, 0.15) is 0 Å². The SMILES string of the molecule is c1cnc(N2CC[C@]3(CCN3c3ncccn3)C2)nc1. The Morgan fingerprint density at radius 3 is 2.00 bits per heavy atom. The highest BCUT2D eigenvalue weighted by Crippen LogP contribution is 2.41. The molecule has 0 bridgehead atoms. The lowest BCUT2D eigenvalue weighted by atomic mass is 9.84. The van der Waals surface area contributed by atoms with Crippen molar-refractivity contribution in [1.29, 1.82) is 0 Å². The van der Waals surface area contributed by atoms with E-state index in [-0.39, 0.29) is 5.54 Å². The van der Waals surface area contributed by atoms with Crippen LogP contribution in [0.15, 0.2) is 36.9 Å². The van der Waals surface area contributed by atoms with Gasteiger partial charge < -0.3 is 9.80 Å². The van der Waals surface area contributed by atoms with Gasteiger partial charge in [-0.15, -0.1) is 0 Å². The van der Waals surface area contributed by atoms with E-state index in [1.54, 1.807) is 24.8 Å². The number of hydrogen-bond acceptors (Lipinski definition) is 6. The van der Waals surface area contributed by atoms with Gasteiger partial charge in [0, 0.05) is 44.4 Å². The molecule has 0 aromatic carbocycles. The van der Waals surface area contributed by atoms with Gasteiger partial charge in [-0.2, -0.15) is 0 Å². The van der Waals surface area contributed by atoms with Gasteiger partial charge in [0.15, 0.2) is 0 Å². The molecule has 1 atom stereocenters. The molecule has 2 saturated heterocycles. The van der Waals surface area contributed by atoms with Crippen LogP contribution in [0.1, 0.15) is 12.8 Å². The molecule has 102 valence electrons. The van der Waals surface area contributed by atoms with Gasteiger partial charge in [-0.05, 0) is 25.0 Å². The lowest BCUT2D eigenvalue weighted by Crippen LogP contribution is -2.62. The van der Waals surface area contributed by atoms with Gasteiger partial charge in [-0.3, -0.25) is 0 Å². The van der Waals surface area contributed by atoms with Gasteiger partial charge in [0.25, 0.3) is 0 Å². The normalized spacial score (nSPS) is 25.0. The van der Waals surface area contributed by atoms with Gasteiger partial charge in [-0.1, -0.05) is 0 Å². The van der Waals surface area contributed by atoms with Crippen molar-refractivity contribution >= 4 is 11.9 Å². The Morgan fingerprint density at radius 1 is 0.800 bits per heavy atom. The van der Waals surface area contributed by atoms with Crippen molar-refractivity contribution in [3.05, 3.63) is 36.9 Å². The Kier molecular flexibility index (Phi) is 2.55. The molecule has 0 radical (unpaired) electrons. The Bertz CT molecular complexity index is 589. The molecule has 0 unspecified atom stereocenters. The molecule has 2 fully saturated rings. The molecule has 6 nitrogen and oxygen atoms in total. The number of anilines is 2. The van der Waals surface area contributed by atoms with E-state index < -0.39 is 0 Å². The summed E-state index contributed by atoms with van der Waals surface area (Å²) in [5.74, 6) is 1.67. The summed E-state index contributed by atoms with van der Waals surface area (Å²) in [6.07, 6.45) is 9.51. The van der Waals surface area contributed by atoms with Crippen LogP contribution < -0.4 is 9.80 Å². The Balaban J connectivity index is 1.56. The highest BCUT2D eigenvalue weighted by atomic mass is 15.4. The second-order valence-electron chi connectivity index (χ2n) is 5.40. The lowest BCUT2D eigenvalue weighted by Gasteiger charge is -2.50. The van der Waals surface area contributed by atoms with E-state index in [0.29, 0.717) is 0 Å². The maximum Gasteiger partial charge on any atom is 0.225 e. The van der Waals surface area contributed by atoms with Crippen LogP contribution in [0.3, 0.4) is 0 Å². The van der Waals surface area contributed by atoms with Crippen molar-refractivity contribution in [3.63, 3.8) is 0 Å². The molecule has 6 heteroatoms. The van der Waals surface area contributed by atoms with Crippen molar-refractivity contribution in [2.75, 3.05) is 29.4 Å². The summed E-state index contributed by atoms with van der Waals surface area (Å²) in [4.78, 5) is 22.0. The van der Waals surface area contributed by atoms with Crippen molar-refractivity contribution in [1.82, 2.24) is 19.9 Å². The van der Waals surface area contributed by atoms with Crippen LogP contribution in [-0.4, -0.2) is 45.1 Å². The van der Waals surface area contributed by atoms with Crippen LogP contribution >= 0.6 is 0 Å². The van der Waals surface area contributed by atoms with Crippen LogP contribution in [-0.2, 0) is 0 Å². The molecule has 0 aliphatic carbocycles. The van der Waals surface area contributed by atoms with Gasteiger partial charge in [0.2, 0.25) is 11.9 Å². The fourth-order valence-electron chi connectivity index (χ4n) is 3.19. The second-order valence-corrected chi connectivity index (χ2v) is 5.40. The van der Waals surface area contributed by atoms with Crippen LogP contribution in [0, 0.1) is 0 Å². The minimum atomic E-state index is 0.167. The highest BCUT2D eigenvalue weighted by molar-refractivity contribution is 5.46. The third-order valence-corrected chi connectivity index (χ3v) is 4.33. The van der Waals surface area contributed by atoms with E-state index >= 15 is 0 Å². The minimum absolute atomic E-state index is 0.167. The largest absolute Gasteiger partial charge is 0.338 e. The molecule has 1 spiro atoms. The molecule has 0 N–H and O–H groups in total. The fraction of sp³-hybridized carbons (Fsp3) is 0.429. The average molecular weight is 268 g/mol. The third kappa shape index (κ3) is 1.71. The first-order valence-electron chi connectivity index (χ1n) is 6.94. The summed E-state index contributed by atoms with van der Waals surface area (Å²) in [7, 11) is 0. The van der Waals surface area contributed by atoms with E-state index in [2.05, 4.69) is 29.7 Å². The number of aromatic nitrogens is 4. The maximum atomic E-state index is 4.38. The fourth-order valence-corrected chi connectivity index (χ4v) is 3.19. The maximum absolute atomic E-state index is 4.38. The molecular formula is C14H16N6. The van der Waals surface area contributed by atoms with Crippen LogP contribution in [0.25, 0.3) is 0 Å². The zero-order valence-electron chi connectivity index (χ0n) is 11.2. The molecular weight excluding hydrogens is 252 g/mol. The van der Waals surface area contributed by atoms with Gasteiger partial charge in [-0.25, -0.2) is 19.9 Å². The Labute approximate surface area is 117 Å². The number of hydrogen-bond donors (Lipinski definition) is 0. The van der Waals surface area contributed by atoms with E-state index in [4.69, 9.17) is 0 Å². The van der Waals surface area contributed by atoms with Crippen LogP contribution in [0.2, 0.25) is 0 Å². The molecule has 0 saturated carbocycles. The topological polar surface area (TPSA) is 58.0 Å². The summed E-state index contributed by atoms with van der Waals surface area (Å²) in [6, 6.07) is 3.71. The summed E-state index contributed by atoms with van der Waals surface area (Å²) in [6.45, 7) is 2.98. The lowest BCUT2D eigenvalue weighted by molar-refractivity contribution is 0.297. The molecule has 20 heavy (non-hydrogen) atoms. The van der Waals surface area contributed by atoms with E-state index in [0.717, 1.165) is 38.0 Å². The predicted molar refractivity (Wildman–Crippen MR) is 75.6 cm³/mol. The number of rotatable bonds is 2. The first kappa shape index (κ1) is 11.6. The van der Waals surface area contributed by atoms with Crippen molar-refractivity contribution < 1.29 is 0 Å². The first-order chi connectivity index (χ1) is 9.87. The smallest absolute Gasteiger partial charge is 0.225 e. The minimum Gasteiger partial charge on any atom is -0.338 e. The first-order valence-corrected chi connectivity index (χ1v) is 6.94. The van der Waals surface area contributed by atoms with Crippen molar-refractivity contribution in [2.24, 2.45) is 0 Å². The van der Waals surface area contributed by atoms with Gasteiger partial charge >= 0.3 is 0 Å². The number of nitrogens with zero attached hydrogens (tertiary/aromatic N) is 6. The molecule has 2 aliphatic heterocycles. The van der Waals surface area contributed by atoms with E-state index in [1.165, 1.54) is 6.42 Å². The quantitative estimate of drug-likeness (QED) is 0.813. The summed E-state index contributed by atoms with van der Waals surface area (Å²) in [5.41, 5.74) is 0.167. The highest BCUT2D eigenvalue weighted by Gasteiger charge is 2.50. The molecule has 2 aromatic rings. The summed E-state index contributed by atoms with van der Waals surface area (Å²) < 4.78 is 0. The van der Waals surface area contributed by atoms with E-state index in [1.807, 2.05) is 12.1 Å². The van der Waals surface area contributed by atoms with Crippen molar-refractivity contribution in [3.8, 4) is 0 Å². The monoisotopic (exact) mass is 268 g/mol. The second kappa shape index (κ2) is 4.40. The molecule has 4 heterocycles. The zero-order chi connectivity index (χ0) is 13.4.